The van der Waals surface area contributed by atoms with Crippen molar-refractivity contribution < 1.29 is 4.79 Å². The summed E-state index contributed by atoms with van der Waals surface area (Å²) in [4.78, 5) is 18.2. The van der Waals surface area contributed by atoms with Crippen LogP contribution in [-0.4, -0.2) is 20.0 Å². The normalized spacial score (nSPS) is 10.5. The third kappa shape index (κ3) is 0.995. The molecule has 0 radical (unpaired) electrons. The maximum absolute atomic E-state index is 10.2. The Hall–Kier alpha value is -1.87. The Morgan fingerprint density at radius 3 is 2.79 bits per heavy atom. The van der Waals surface area contributed by atoms with Crippen LogP contribution >= 0.6 is 0 Å². The van der Waals surface area contributed by atoms with Gasteiger partial charge in [-0.15, -0.1) is 4.99 Å². The fourth-order valence-corrected chi connectivity index (χ4v) is 1.61. The summed E-state index contributed by atoms with van der Waals surface area (Å²) in [6, 6.07) is 0. The number of hydrogen-bond acceptors (Lipinski definition) is 3. The molecule has 0 saturated carbocycles. The van der Waals surface area contributed by atoms with Gasteiger partial charge in [0.2, 0.25) is 11.9 Å². The van der Waals surface area contributed by atoms with E-state index in [2.05, 4.69) is 9.98 Å². The second-order valence-corrected chi connectivity index (χ2v) is 3.22. The molecule has 14 heavy (non-hydrogen) atoms. The van der Waals surface area contributed by atoms with E-state index in [-0.39, 0.29) is 0 Å². The van der Waals surface area contributed by atoms with Gasteiger partial charge in [-0.1, -0.05) is 0 Å². The fraction of sp³-hybridized carbons (Fsp3) is 0.333. The summed E-state index contributed by atoms with van der Waals surface area (Å²) in [5.41, 5.74) is 1.84. The van der Waals surface area contributed by atoms with Crippen LogP contribution in [0.4, 0.5) is 5.82 Å². The van der Waals surface area contributed by atoms with Crippen LogP contribution in [0.5, 0.6) is 0 Å². The number of aliphatic imine (C=N–C) groups is 1. The summed E-state index contributed by atoms with van der Waals surface area (Å²) in [6.45, 7) is 3.82. The molecule has 2 heterocycles. The van der Waals surface area contributed by atoms with Gasteiger partial charge in [-0.2, -0.15) is 0 Å². The molecule has 0 N–H and O–H groups in total. The minimum atomic E-state index is 0.600. The number of fused-ring (bicyclic) bond motifs is 1. The molecule has 0 saturated heterocycles. The van der Waals surface area contributed by atoms with Crippen LogP contribution < -0.4 is 0 Å². The number of imidazole rings is 2. The zero-order valence-corrected chi connectivity index (χ0v) is 8.27. The van der Waals surface area contributed by atoms with E-state index >= 15 is 0 Å². The molecule has 5 nitrogen and oxygen atoms in total. The number of rotatable bonds is 1. The highest BCUT2D eigenvalue weighted by Crippen LogP contribution is 2.22. The van der Waals surface area contributed by atoms with E-state index in [9.17, 15) is 4.79 Å². The monoisotopic (exact) mass is 190 g/mol. The van der Waals surface area contributed by atoms with Crippen molar-refractivity contribution in [1.29, 1.82) is 0 Å². The van der Waals surface area contributed by atoms with Gasteiger partial charge in [-0.05, 0) is 13.8 Å². The molecule has 0 aliphatic carbocycles. The molecule has 0 aromatic carbocycles. The summed E-state index contributed by atoms with van der Waals surface area (Å²) < 4.78 is 3.68. The first kappa shape index (κ1) is 8.72. The highest BCUT2D eigenvalue weighted by molar-refractivity contribution is 5.54. The number of carbonyl (C=O) groups excluding carboxylic acids is 1. The van der Waals surface area contributed by atoms with Crippen LogP contribution in [0.1, 0.15) is 11.4 Å². The van der Waals surface area contributed by atoms with Gasteiger partial charge < -0.3 is 0 Å². The average molecular weight is 190 g/mol. The maximum Gasteiger partial charge on any atom is 0.242 e. The standard InChI is InChI=1S/C9H10N4O/c1-6-4-13-7(2)8(10-5-14)12(3)9(13)11-6/h4H,1-3H3. The van der Waals surface area contributed by atoms with Crippen molar-refractivity contribution in [2.75, 3.05) is 0 Å². The van der Waals surface area contributed by atoms with Crippen molar-refractivity contribution in [2.45, 2.75) is 13.8 Å². The van der Waals surface area contributed by atoms with E-state index in [0.29, 0.717) is 5.82 Å². The van der Waals surface area contributed by atoms with Gasteiger partial charge in [0.05, 0.1) is 11.4 Å². The molecule has 0 atom stereocenters. The molecule has 0 aliphatic heterocycles. The smallest absolute Gasteiger partial charge is 0.242 e. The summed E-state index contributed by atoms with van der Waals surface area (Å²) in [6.07, 6.45) is 3.46. The molecule has 2 aromatic heterocycles. The quantitative estimate of drug-likeness (QED) is 0.502. The van der Waals surface area contributed by atoms with E-state index < -0.39 is 0 Å². The van der Waals surface area contributed by atoms with Crippen molar-refractivity contribution in [1.82, 2.24) is 14.0 Å². The predicted molar refractivity (Wildman–Crippen MR) is 51.4 cm³/mol. The number of aromatic nitrogens is 3. The first-order chi connectivity index (χ1) is 6.65. The molecular weight excluding hydrogens is 180 g/mol. The van der Waals surface area contributed by atoms with E-state index in [1.54, 1.807) is 10.6 Å². The van der Waals surface area contributed by atoms with Crippen LogP contribution in [0.3, 0.4) is 0 Å². The number of aryl methyl sites for hydroxylation is 3. The van der Waals surface area contributed by atoms with Crippen LogP contribution in [0.25, 0.3) is 5.78 Å². The molecule has 0 spiro atoms. The van der Waals surface area contributed by atoms with Gasteiger partial charge in [0.1, 0.15) is 0 Å². The van der Waals surface area contributed by atoms with Crippen LogP contribution in [0.15, 0.2) is 11.2 Å². The largest absolute Gasteiger partial charge is 0.297 e. The number of isocyanates is 1. The Kier molecular flexibility index (Phi) is 1.75. The van der Waals surface area contributed by atoms with E-state index in [4.69, 9.17) is 0 Å². The van der Waals surface area contributed by atoms with Crippen molar-refractivity contribution in [3.63, 3.8) is 0 Å². The van der Waals surface area contributed by atoms with Crippen LogP contribution in [0, 0.1) is 13.8 Å². The lowest BCUT2D eigenvalue weighted by Gasteiger charge is -1.93. The minimum Gasteiger partial charge on any atom is -0.297 e. The van der Waals surface area contributed by atoms with Gasteiger partial charge in [-0.25, -0.2) is 9.78 Å². The summed E-state index contributed by atoms with van der Waals surface area (Å²) >= 11 is 0. The predicted octanol–water partition coefficient (Wildman–Crippen LogP) is 1.26. The molecular formula is C9H10N4O. The van der Waals surface area contributed by atoms with Gasteiger partial charge >= 0.3 is 0 Å². The Balaban J connectivity index is 2.87. The summed E-state index contributed by atoms with van der Waals surface area (Å²) in [5, 5.41) is 0. The second-order valence-electron chi connectivity index (χ2n) is 3.22. The molecule has 5 heteroatoms. The van der Waals surface area contributed by atoms with E-state index in [0.717, 1.165) is 17.2 Å². The summed E-state index contributed by atoms with van der Waals surface area (Å²) in [7, 11) is 1.82. The number of hydrogen-bond donors (Lipinski definition) is 0. The Labute approximate surface area is 80.7 Å². The summed E-state index contributed by atoms with van der Waals surface area (Å²) in [5.74, 6) is 1.39. The van der Waals surface area contributed by atoms with E-state index in [1.807, 2.05) is 31.5 Å². The Morgan fingerprint density at radius 1 is 1.50 bits per heavy atom. The van der Waals surface area contributed by atoms with Crippen molar-refractivity contribution in [3.05, 3.63) is 17.6 Å². The fourth-order valence-electron chi connectivity index (χ4n) is 1.61. The molecule has 0 aliphatic rings. The SMILES string of the molecule is Cc1cn2c(C)c(N=C=O)n(C)c2n1. The molecule has 0 unspecified atom stereocenters. The van der Waals surface area contributed by atoms with Gasteiger partial charge in [0.15, 0.2) is 5.82 Å². The lowest BCUT2D eigenvalue weighted by atomic mass is 10.5. The molecule has 0 fully saturated rings. The lowest BCUT2D eigenvalue weighted by Crippen LogP contribution is -1.88. The molecule has 72 valence electrons. The minimum absolute atomic E-state index is 0.600. The highest BCUT2D eigenvalue weighted by Gasteiger charge is 2.12. The third-order valence-corrected chi connectivity index (χ3v) is 2.26. The zero-order chi connectivity index (χ0) is 10.3. The Morgan fingerprint density at radius 2 is 2.21 bits per heavy atom. The topological polar surface area (TPSA) is 51.7 Å². The Bertz CT molecular complexity index is 505. The second kappa shape index (κ2) is 2.82. The molecule has 0 amide bonds. The average Bonchev–Trinajstić information content (AvgIpc) is 2.61. The number of nitrogens with zero attached hydrogens (tertiary/aromatic N) is 4. The van der Waals surface area contributed by atoms with Crippen molar-refractivity contribution in [3.8, 4) is 0 Å². The first-order valence-corrected chi connectivity index (χ1v) is 4.24. The van der Waals surface area contributed by atoms with Crippen LogP contribution in [0.2, 0.25) is 0 Å². The van der Waals surface area contributed by atoms with Crippen molar-refractivity contribution in [2.24, 2.45) is 12.0 Å². The van der Waals surface area contributed by atoms with E-state index in [1.165, 1.54) is 0 Å². The third-order valence-electron chi connectivity index (χ3n) is 2.26. The van der Waals surface area contributed by atoms with Crippen LogP contribution in [-0.2, 0) is 11.8 Å². The van der Waals surface area contributed by atoms with Gasteiger partial charge in [-0.3, -0.25) is 8.97 Å². The van der Waals surface area contributed by atoms with Crippen molar-refractivity contribution >= 4 is 17.7 Å². The molecule has 0 bridgehead atoms. The highest BCUT2D eigenvalue weighted by atomic mass is 16.1. The molecule has 2 aromatic rings. The lowest BCUT2D eigenvalue weighted by molar-refractivity contribution is 0.565. The van der Waals surface area contributed by atoms with Gasteiger partial charge in [0, 0.05) is 13.2 Å². The van der Waals surface area contributed by atoms with Gasteiger partial charge in [0.25, 0.3) is 0 Å². The zero-order valence-electron chi connectivity index (χ0n) is 8.27. The maximum atomic E-state index is 10.2. The molecule has 2 rings (SSSR count). The first-order valence-electron chi connectivity index (χ1n) is 4.24.